The third-order valence-electron chi connectivity index (χ3n) is 5.03. The van der Waals surface area contributed by atoms with E-state index in [1.54, 1.807) is 18.2 Å². The van der Waals surface area contributed by atoms with Crippen LogP contribution >= 0.6 is 11.3 Å². The Bertz CT molecular complexity index is 845. The van der Waals surface area contributed by atoms with Gasteiger partial charge in [-0.05, 0) is 48.9 Å². The van der Waals surface area contributed by atoms with Crippen LogP contribution in [0.5, 0.6) is 0 Å². The van der Waals surface area contributed by atoms with Crippen molar-refractivity contribution in [3.05, 3.63) is 52.2 Å². The first-order chi connectivity index (χ1) is 14.0. The Balaban J connectivity index is 1.66. The van der Waals surface area contributed by atoms with Crippen molar-refractivity contribution in [3.63, 3.8) is 0 Å². The Kier molecular flexibility index (Phi) is 7.41. The highest BCUT2D eigenvalue weighted by Crippen LogP contribution is 2.19. The molecule has 0 radical (unpaired) electrons. The highest BCUT2D eigenvalue weighted by atomic mass is 32.1. The van der Waals surface area contributed by atoms with Crippen LogP contribution in [0.4, 0.5) is 5.69 Å². The quantitative estimate of drug-likeness (QED) is 0.731. The van der Waals surface area contributed by atoms with Gasteiger partial charge in [-0.15, -0.1) is 11.3 Å². The summed E-state index contributed by atoms with van der Waals surface area (Å²) >= 11 is 1.32. The van der Waals surface area contributed by atoms with Crippen molar-refractivity contribution in [3.8, 4) is 0 Å². The molecule has 1 aliphatic rings. The number of nitrogens with one attached hydrogen (secondary N) is 2. The van der Waals surface area contributed by atoms with Gasteiger partial charge in [-0.2, -0.15) is 0 Å². The third kappa shape index (κ3) is 6.15. The van der Waals surface area contributed by atoms with Crippen molar-refractivity contribution in [2.24, 2.45) is 0 Å². The molecule has 29 heavy (non-hydrogen) atoms. The largest absolute Gasteiger partial charge is 0.352 e. The summed E-state index contributed by atoms with van der Waals surface area (Å²) in [5.41, 5.74) is 1.65. The van der Waals surface area contributed by atoms with Crippen molar-refractivity contribution in [2.75, 3.05) is 18.0 Å². The molecule has 7 heteroatoms. The highest BCUT2D eigenvalue weighted by molar-refractivity contribution is 7.12. The van der Waals surface area contributed by atoms with Crippen LogP contribution in [0.2, 0.25) is 0 Å². The average molecular weight is 414 g/mol. The lowest BCUT2D eigenvalue weighted by Crippen LogP contribution is -2.47. The molecular weight excluding hydrogens is 386 g/mol. The Morgan fingerprint density at radius 1 is 1.10 bits per heavy atom. The zero-order valence-corrected chi connectivity index (χ0v) is 17.5. The molecule has 1 heterocycles. The first kappa shape index (κ1) is 21.0. The van der Waals surface area contributed by atoms with E-state index in [0.717, 1.165) is 31.2 Å². The molecule has 0 unspecified atom stereocenters. The van der Waals surface area contributed by atoms with E-state index in [0.29, 0.717) is 10.6 Å². The fourth-order valence-corrected chi connectivity index (χ4v) is 4.17. The molecule has 6 nitrogen and oxygen atoms in total. The number of thiophene rings is 1. The number of hydrogen-bond donors (Lipinski definition) is 2. The number of aryl methyl sites for hydroxylation is 1. The number of amides is 3. The predicted octanol–water partition coefficient (Wildman–Crippen LogP) is 3.27. The second-order valence-electron chi connectivity index (χ2n) is 7.38. The maximum absolute atomic E-state index is 12.9. The molecule has 0 saturated heterocycles. The number of carbonyl (C=O) groups excluding carboxylic acids is 3. The second-order valence-corrected chi connectivity index (χ2v) is 8.33. The van der Waals surface area contributed by atoms with Gasteiger partial charge >= 0.3 is 0 Å². The molecule has 2 N–H and O–H groups in total. The molecule has 0 bridgehead atoms. The summed E-state index contributed by atoms with van der Waals surface area (Å²) in [4.78, 5) is 39.7. The van der Waals surface area contributed by atoms with Gasteiger partial charge in [0, 0.05) is 11.7 Å². The number of benzene rings is 1. The Hall–Kier alpha value is -2.67. The van der Waals surface area contributed by atoms with Crippen LogP contribution < -0.4 is 15.5 Å². The summed E-state index contributed by atoms with van der Waals surface area (Å²) in [6.45, 7) is 1.71. The first-order valence-electron chi connectivity index (χ1n) is 10.0. The number of carbonyl (C=O) groups is 3. The molecule has 0 spiro atoms. The number of rotatable bonds is 7. The minimum absolute atomic E-state index is 0.0618. The highest BCUT2D eigenvalue weighted by Gasteiger charge is 2.22. The summed E-state index contributed by atoms with van der Waals surface area (Å²) in [6, 6.07) is 11.1. The van der Waals surface area contributed by atoms with Crippen molar-refractivity contribution in [2.45, 2.75) is 45.1 Å². The van der Waals surface area contributed by atoms with Crippen molar-refractivity contribution < 1.29 is 14.4 Å². The number of anilines is 1. The molecular formula is C22H27N3O3S. The van der Waals surface area contributed by atoms with Gasteiger partial charge in [0.2, 0.25) is 11.8 Å². The maximum atomic E-state index is 12.9. The molecule has 0 atom stereocenters. The van der Waals surface area contributed by atoms with Crippen LogP contribution in [-0.2, 0) is 9.59 Å². The van der Waals surface area contributed by atoms with Crippen LogP contribution in [0.1, 0.15) is 47.3 Å². The molecule has 3 amide bonds. The molecule has 3 rings (SSSR count). The lowest BCUT2D eigenvalue weighted by atomic mass is 9.95. The molecule has 0 aliphatic heterocycles. The van der Waals surface area contributed by atoms with Gasteiger partial charge < -0.3 is 15.5 Å². The first-order valence-corrected chi connectivity index (χ1v) is 10.9. The molecule has 154 valence electrons. The number of nitrogens with zero attached hydrogens (tertiary/aromatic N) is 1. The normalized spacial score (nSPS) is 14.2. The van der Waals surface area contributed by atoms with Gasteiger partial charge in [0.1, 0.15) is 6.54 Å². The van der Waals surface area contributed by atoms with E-state index in [9.17, 15) is 14.4 Å². The summed E-state index contributed by atoms with van der Waals surface area (Å²) in [5.74, 6) is -0.778. The molecule has 1 fully saturated rings. The molecule has 1 aromatic heterocycles. The summed E-state index contributed by atoms with van der Waals surface area (Å²) in [7, 11) is 0. The topological polar surface area (TPSA) is 78.5 Å². The molecule has 2 aromatic rings. The molecule has 1 aliphatic carbocycles. The van der Waals surface area contributed by atoms with E-state index in [1.165, 1.54) is 22.7 Å². The average Bonchev–Trinajstić information content (AvgIpc) is 3.26. The molecule has 1 aromatic carbocycles. The zero-order chi connectivity index (χ0) is 20.6. The third-order valence-corrected chi connectivity index (χ3v) is 5.90. The van der Waals surface area contributed by atoms with Crippen LogP contribution in [0.3, 0.4) is 0 Å². The van der Waals surface area contributed by atoms with Gasteiger partial charge in [-0.25, -0.2) is 0 Å². The van der Waals surface area contributed by atoms with Gasteiger partial charge in [0.15, 0.2) is 0 Å². The minimum Gasteiger partial charge on any atom is -0.352 e. The van der Waals surface area contributed by atoms with Crippen LogP contribution in [0, 0.1) is 6.92 Å². The Labute approximate surface area is 175 Å². The summed E-state index contributed by atoms with van der Waals surface area (Å²) in [6.07, 6.45) is 5.44. The maximum Gasteiger partial charge on any atom is 0.261 e. The van der Waals surface area contributed by atoms with Gasteiger partial charge in [-0.3, -0.25) is 14.4 Å². The molecule has 1 saturated carbocycles. The van der Waals surface area contributed by atoms with Gasteiger partial charge in [0.05, 0.1) is 11.4 Å². The Morgan fingerprint density at radius 2 is 1.90 bits per heavy atom. The van der Waals surface area contributed by atoms with Crippen molar-refractivity contribution in [1.29, 1.82) is 0 Å². The van der Waals surface area contributed by atoms with E-state index < -0.39 is 0 Å². The van der Waals surface area contributed by atoms with Crippen molar-refractivity contribution >= 4 is 34.7 Å². The summed E-state index contributed by atoms with van der Waals surface area (Å²) < 4.78 is 0. The van der Waals surface area contributed by atoms with Gasteiger partial charge in [-0.1, -0.05) is 37.5 Å². The van der Waals surface area contributed by atoms with Crippen LogP contribution in [-0.4, -0.2) is 36.9 Å². The van der Waals surface area contributed by atoms with E-state index in [1.807, 2.05) is 30.5 Å². The fraction of sp³-hybridized carbons (Fsp3) is 0.409. The monoisotopic (exact) mass is 413 g/mol. The van der Waals surface area contributed by atoms with Crippen LogP contribution in [0.15, 0.2) is 41.8 Å². The smallest absolute Gasteiger partial charge is 0.261 e. The minimum atomic E-state index is -0.320. The lowest BCUT2D eigenvalue weighted by molar-refractivity contribution is -0.124. The zero-order valence-electron chi connectivity index (χ0n) is 16.6. The number of hydrogen-bond acceptors (Lipinski definition) is 4. The van der Waals surface area contributed by atoms with E-state index >= 15 is 0 Å². The lowest BCUT2D eigenvalue weighted by Gasteiger charge is -2.26. The van der Waals surface area contributed by atoms with Crippen molar-refractivity contribution in [1.82, 2.24) is 10.6 Å². The predicted molar refractivity (Wildman–Crippen MR) is 115 cm³/mol. The fourth-order valence-electron chi connectivity index (χ4n) is 3.53. The van der Waals surface area contributed by atoms with E-state index in [-0.39, 0.29) is 36.9 Å². The van der Waals surface area contributed by atoms with E-state index in [4.69, 9.17) is 0 Å². The SMILES string of the molecule is Cc1cccc(N(CC(=O)NC2CCCCC2)C(=O)CNC(=O)c2cccs2)c1. The standard InChI is InChI=1S/C22H27N3O3S/c1-16-7-5-10-18(13-16)25(15-20(26)24-17-8-3-2-4-9-17)21(27)14-23-22(28)19-11-6-12-29-19/h5-7,10-13,17H,2-4,8-9,14-15H2,1H3,(H,23,28)(H,24,26). The Morgan fingerprint density at radius 3 is 2.59 bits per heavy atom. The van der Waals surface area contributed by atoms with Crippen LogP contribution in [0.25, 0.3) is 0 Å². The second kappa shape index (κ2) is 10.2. The van der Waals surface area contributed by atoms with E-state index in [2.05, 4.69) is 10.6 Å². The summed E-state index contributed by atoms with van der Waals surface area (Å²) in [5, 5.41) is 7.52. The van der Waals surface area contributed by atoms with Gasteiger partial charge in [0.25, 0.3) is 5.91 Å².